The van der Waals surface area contributed by atoms with Crippen molar-refractivity contribution in [1.82, 2.24) is 0 Å². The third-order valence-electron chi connectivity index (χ3n) is 2.04. The lowest BCUT2D eigenvalue weighted by molar-refractivity contribution is 0.0600. The van der Waals surface area contributed by atoms with Gasteiger partial charge in [-0.25, -0.2) is 4.79 Å². The largest absolute Gasteiger partial charge is 0.465 e. The van der Waals surface area contributed by atoms with Gasteiger partial charge in [-0.05, 0) is 24.6 Å². The zero-order valence-corrected chi connectivity index (χ0v) is 8.52. The molecule has 0 unspecified atom stereocenters. The predicted octanol–water partition coefficient (Wildman–Crippen LogP) is 0.876. The second-order valence-electron chi connectivity index (χ2n) is 3.01. The first-order valence-corrected chi connectivity index (χ1v) is 4.27. The van der Waals surface area contributed by atoms with E-state index in [1.54, 1.807) is 25.1 Å². The molecule has 5 heteroatoms. The van der Waals surface area contributed by atoms with Crippen molar-refractivity contribution in [2.75, 3.05) is 7.11 Å². The van der Waals surface area contributed by atoms with Crippen molar-refractivity contribution >= 4 is 11.8 Å². The zero-order chi connectivity index (χ0) is 11.4. The lowest BCUT2D eigenvalue weighted by Gasteiger charge is -2.05. The number of ether oxygens (including phenoxy) is 1. The van der Waals surface area contributed by atoms with Gasteiger partial charge in [0.25, 0.3) is 0 Å². The van der Waals surface area contributed by atoms with Crippen LogP contribution < -0.4 is 5.73 Å². The Kier molecular flexibility index (Phi) is 3.28. The van der Waals surface area contributed by atoms with E-state index in [9.17, 15) is 4.79 Å². The summed E-state index contributed by atoms with van der Waals surface area (Å²) in [6.07, 6.45) is 0. The molecule has 0 aliphatic carbocycles. The minimum Gasteiger partial charge on any atom is -0.465 e. The van der Waals surface area contributed by atoms with Gasteiger partial charge in [0, 0.05) is 5.56 Å². The van der Waals surface area contributed by atoms with Gasteiger partial charge >= 0.3 is 5.97 Å². The van der Waals surface area contributed by atoms with Crippen molar-refractivity contribution in [3.8, 4) is 0 Å². The van der Waals surface area contributed by atoms with Crippen LogP contribution >= 0.6 is 0 Å². The number of aryl methyl sites for hydroxylation is 1. The number of esters is 1. The predicted molar refractivity (Wildman–Crippen MR) is 55.0 cm³/mol. The highest BCUT2D eigenvalue weighted by molar-refractivity contribution is 5.99. The van der Waals surface area contributed by atoms with E-state index >= 15 is 0 Å². The molecule has 15 heavy (non-hydrogen) atoms. The number of nitrogens with zero attached hydrogens (tertiary/aromatic N) is 1. The van der Waals surface area contributed by atoms with E-state index in [1.807, 2.05) is 0 Å². The molecular formula is C10H12N2O3. The summed E-state index contributed by atoms with van der Waals surface area (Å²) in [6, 6.07) is 4.82. The Morgan fingerprint density at radius 1 is 1.53 bits per heavy atom. The first kappa shape index (κ1) is 11.0. The minimum atomic E-state index is -0.404. The van der Waals surface area contributed by atoms with Crippen molar-refractivity contribution in [1.29, 1.82) is 0 Å². The summed E-state index contributed by atoms with van der Waals surface area (Å²) in [5.41, 5.74) is 7.14. The van der Waals surface area contributed by atoms with Crippen LogP contribution in [0.15, 0.2) is 23.4 Å². The van der Waals surface area contributed by atoms with Gasteiger partial charge < -0.3 is 15.7 Å². The Balaban J connectivity index is 3.14. The molecule has 5 nitrogen and oxygen atoms in total. The van der Waals surface area contributed by atoms with Crippen LogP contribution in [0.25, 0.3) is 0 Å². The number of nitrogens with two attached hydrogens (primary N) is 1. The molecule has 0 saturated heterocycles. The molecular weight excluding hydrogens is 196 g/mol. The number of rotatable bonds is 2. The SMILES string of the molecule is COC(=O)c1ccc(C(N)=NO)cc1C. The van der Waals surface area contributed by atoms with Crippen LogP contribution in [0.1, 0.15) is 21.5 Å². The summed E-state index contributed by atoms with van der Waals surface area (Å²) < 4.78 is 4.59. The summed E-state index contributed by atoms with van der Waals surface area (Å²) in [5.74, 6) is -0.395. The van der Waals surface area contributed by atoms with Crippen LogP contribution in [0.4, 0.5) is 0 Å². The number of benzene rings is 1. The molecule has 0 fully saturated rings. The van der Waals surface area contributed by atoms with Crippen molar-refractivity contribution in [2.24, 2.45) is 10.9 Å². The minimum absolute atomic E-state index is 0.00881. The monoisotopic (exact) mass is 208 g/mol. The van der Waals surface area contributed by atoms with Gasteiger partial charge in [0.05, 0.1) is 12.7 Å². The van der Waals surface area contributed by atoms with Gasteiger partial charge in [-0.3, -0.25) is 0 Å². The first-order valence-electron chi connectivity index (χ1n) is 4.27. The fourth-order valence-corrected chi connectivity index (χ4v) is 1.22. The van der Waals surface area contributed by atoms with E-state index in [2.05, 4.69) is 9.89 Å². The number of oxime groups is 1. The van der Waals surface area contributed by atoms with Crippen LogP contribution in [0.3, 0.4) is 0 Å². The van der Waals surface area contributed by atoms with E-state index in [4.69, 9.17) is 10.9 Å². The summed E-state index contributed by atoms with van der Waals surface area (Å²) >= 11 is 0. The first-order chi connectivity index (χ1) is 7.10. The quantitative estimate of drug-likeness (QED) is 0.248. The van der Waals surface area contributed by atoms with Gasteiger partial charge in [-0.15, -0.1) is 0 Å². The lowest BCUT2D eigenvalue weighted by atomic mass is 10.0. The molecule has 0 radical (unpaired) electrons. The fourth-order valence-electron chi connectivity index (χ4n) is 1.22. The van der Waals surface area contributed by atoms with E-state index in [0.717, 1.165) is 0 Å². The number of carbonyl (C=O) groups excluding carboxylic acids is 1. The Morgan fingerprint density at radius 3 is 2.67 bits per heavy atom. The maximum absolute atomic E-state index is 11.3. The Morgan fingerprint density at radius 2 is 2.20 bits per heavy atom. The van der Waals surface area contributed by atoms with Crippen LogP contribution in [-0.2, 0) is 4.74 Å². The van der Waals surface area contributed by atoms with Gasteiger partial charge in [0.15, 0.2) is 5.84 Å². The van der Waals surface area contributed by atoms with Crippen molar-refractivity contribution in [2.45, 2.75) is 6.92 Å². The molecule has 0 amide bonds. The molecule has 1 aromatic carbocycles. The maximum atomic E-state index is 11.3. The molecule has 0 spiro atoms. The average molecular weight is 208 g/mol. The van der Waals surface area contributed by atoms with Crippen LogP contribution in [0, 0.1) is 6.92 Å². The second kappa shape index (κ2) is 4.45. The molecule has 80 valence electrons. The van der Waals surface area contributed by atoms with Gasteiger partial charge in [-0.1, -0.05) is 11.2 Å². The number of amidine groups is 1. The topological polar surface area (TPSA) is 84.9 Å². The molecule has 0 aliphatic rings. The molecule has 0 aromatic heterocycles. The maximum Gasteiger partial charge on any atom is 0.338 e. The van der Waals surface area contributed by atoms with Gasteiger partial charge in [0.2, 0.25) is 0 Å². The van der Waals surface area contributed by atoms with E-state index in [1.165, 1.54) is 7.11 Å². The number of hydrogen-bond acceptors (Lipinski definition) is 4. The van der Waals surface area contributed by atoms with E-state index in [0.29, 0.717) is 16.7 Å². The van der Waals surface area contributed by atoms with Gasteiger partial charge in [-0.2, -0.15) is 0 Å². The molecule has 0 bridgehead atoms. The van der Waals surface area contributed by atoms with E-state index in [-0.39, 0.29) is 5.84 Å². The van der Waals surface area contributed by atoms with Crippen LogP contribution in [-0.4, -0.2) is 24.1 Å². The number of methoxy groups -OCH3 is 1. The third kappa shape index (κ3) is 2.25. The third-order valence-corrected chi connectivity index (χ3v) is 2.04. The number of hydrogen-bond donors (Lipinski definition) is 2. The molecule has 1 rings (SSSR count). The Hall–Kier alpha value is -2.04. The van der Waals surface area contributed by atoms with Crippen molar-refractivity contribution in [3.63, 3.8) is 0 Å². The second-order valence-corrected chi connectivity index (χ2v) is 3.01. The molecule has 0 saturated carbocycles. The van der Waals surface area contributed by atoms with Crippen molar-refractivity contribution < 1.29 is 14.7 Å². The molecule has 1 aromatic rings. The average Bonchev–Trinajstić information content (AvgIpc) is 2.26. The normalized spacial score (nSPS) is 11.2. The summed E-state index contributed by atoms with van der Waals surface area (Å²) in [5, 5.41) is 11.3. The zero-order valence-electron chi connectivity index (χ0n) is 8.52. The molecule has 0 atom stereocenters. The highest BCUT2D eigenvalue weighted by Gasteiger charge is 2.10. The Bertz CT molecular complexity index is 413. The van der Waals surface area contributed by atoms with Crippen LogP contribution in [0.5, 0.6) is 0 Å². The molecule has 3 N–H and O–H groups in total. The van der Waals surface area contributed by atoms with Crippen molar-refractivity contribution in [3.05, 3.63) is 34.9 Å². The fraction of sp³-hybridized carbons (Fsp3) is 0.200. The standard InChI is InChI=1S/C10H12N2O3/c1-6-5-7(9(11)12-14)3-4-8(6)10(13)15-2/h3-5,14H,1-2H3,(H2,11,12). The lowest BCUT2D eigenvalue weighted by Crippen LogP contribution is -2.14. The summed E-state index contributed by atoms with van der Waals surface area (Å²) in [7, 11) is 1.32. The molecule has 0 heterocycles. The van der Waals surface area contributed by atoms with Gasteiger partial charge in [0.1, 0.15) is 0 Å². The highest BCUT2D eigenvalue weighted by atomic mass is 16.5. The summed E-state index contributed by atoms with van der Waals surface area (Å²) in [4.78, 5) is 11.3. The summed E-state index contributed by atoms with van der Waals surface area (Å²) in [6.45, 7) is 1.75. The molecule has 0 aliphatic heterocycles. The Labute approximate surface area is 87.1 Å². The van der Waals surface area contributed by atoms with Crippen LogP contribution in [0.2, 0.25) is 0 Å². The van der Waals surface area contributed by atoms with E-state index < -0.39 is 5.97 Å². The highest BCUT2D eigenvalue weighted by Crippen LogP contribution is 2.12. The smallest absolute Gasteiger partial charge is 0.338 e. The number of carbonyl (C=O) groups is 1.